The third-order valence-corrected chi connectivity index (χ3v) is 7.53. The Morgan fingerprint density at radius 2 is 1.85 bits per heavy atom. The molecule has 0 aliphatic carbocycles. The molecule has 0 amide bonds. The Balaban J connectivity index is 1.29. The molecule has 1 unspecified atom stereocenters. The van der Waals surface area contributed by atoms with E-state index < -0.39 is 0 Å². The van der Waals surface area contributed by atoms with Crippen molar-refractivity contribution in [3.63, 3.8) is 0 Å². The highest BCUT2D eigenvalue weighted by Crippen LogP contribution is 2.37. The molecule has 5 rings (SSSR count). The van der Waals surface area contributed by atoms with Gasteiger partial charge in [0, 0.05) is 47.5 Å². The molecule has 3 aromatic rings. The van der Waals surface area contributed by atoms with Crippen LogP contribution < -0.4 is 5.32 Å². The lowest BCUT2D eigenvalue weighted by atomic mass is 9.89. The highest BCUT2D eigenvalue weighted by Gasteiger charge is 2.36. The SMILES string of the molecule is CC1(C)CN(CCN2CCC(c3cn(-c4ccc(F)cc4)c4ccc(Cl)cc34)CC2)C(C=O)N1. The number of nitrogens with one attached hydrogen (secondary N) is 1. The second-order valence-corrected chi connectivity index (χ2v) is 10.7. The van der Waals surface area contributed by atoms with Crippen molar-refractivity contribution in [3.05, 3.63) is 65.1 Å². The lowest BCUT2D eigenvalue weighted by Gasteiger charge is -2.33. The van der Waals surface area contributed by atoms with Crippen molar-refractivity contribution in [2.24, 2.45) is 0 Å². The first-order chi connectivity index (χ1) is 16.3. The summed E-state index contributed by atoms with van der Waals surface area (Å²) in [4.78, 5) is 16.2. The average Bonchev–Trinajstić information content (AvgIpc) is 3.34. The van der Waals surface area contributed by atoms with Crippen LogP contribution in [0.4, 0.5) is 4.39 Å². The molecule has 2 aromatic carbocycles. The van der Waals surface area contributed by atoms with Crippen molar-refractivity contribution in [1.29, 1.82) is 0 Å². The molecule has 0 radical (unpaired) electrons. The Bertz CT molecular complexity index is 1170. The predicted molar refractivity (Wildman–Crippen MR) is 135 cm³/mol. The summed E-state index contributed by atoms with van der Waals surface area (Å²) in [5, 5.41) is 5.30. The highest BCUT2D eigenvalue weighted by atomic mass is 35.5. The normalized spacial score (nSPS) is 21.9. The van der Waals surface area contributed by atoms with Crippen LogP contribution in [0.1, 0.15) is 38.2 Å². The molecular weight excluding hydrogens is 451 g/mol. The molecule has 1 N–H and O–H groups in total. The molecule has 2 aliphatic rings. The molecule has 34 heavy (non-hydrogen) atoms. The van der Waals surface area contributed by atoms with E-state index >= 15 is 0 Å². The highest BCUT2D eigenvalue weighted by molar-refractivity contribution is 6.31. The zero-order valence-corrected chi connectivity index (χ0v) is 20.6. The molecular formula is C27H32ClFN4O. The molecule has 7 heteroatoms. The molecule has 2 aliphatic heterocycles. The van der Waals surface area contributed by atoms with Crippen LogP contribution in [0.2, 0.25) is 5.02 Å². The molecule has 2 fully saturated rings. The van der Waals surface area contributed by atoms with Gasteiger partial charge in [0.25, 0.3) is 0 Å². The number of fused-ring (bicyclic) bond motifs is 1. The summed E-state index contributed by atoms with van der Waals surface area (Å²) < 4.78 is 15.6. The first kappa shape index (κ1) is 23.5. The number of carbonyl (C=O) groups is 1. The van der Waals surface area contributed by atoms with Gasteiger partial charge in [-0.2, -0.15) is 0 Å². The lowest BCUT2D eigenvalue weighted by Crippen LogP contribution is -2.43. The maximum atomic E-state index is 13.5. The van der Waals surface area contributed by atoms with Crippen molar-refractivity contribution < 1.29 is 9.18 Å². The van der Waals surface area contributed by atoms with Gasteiger partial charge in [-0.25, -0.2) is 4.39 Å². The predicted octanol–water partition coefficient (Wildman–Crippen LogP) is 4.81. The lowest BCUT2D eigenvalue weighted by molar-refractivity contribution is -0.112. The number of likely N-dealkylation sites (tertiary alicyclic amines) is 1. The topological polar surface area (TPSA) is 40.5 Å². The van der Waals surface area contributed by atoms with E-state index in [1.165, 1.54) is 23.1 Å². The Morgan fingerprint density at radius 1 is 1.12 bits per heavy atom. The molecule has 0 spiro atoms. The van der Waals surface area contributed by atoms with Crippen LogP contribution in [0.25, 0.3) is 16.6 Å². The van der Waals surface area contributed by atoms with Gasteiger partial charge in [0.1, 0.15) is 12.0 Å². The van der Waals surface area contributed by atoms with Gasteiger partial charge in [-0.1, -0.05) is 11.6 Å². The number of aldehydes is 1. The van der Waals surface area contributed by atoms with Gasteiger partial charge in [0.2, 0.25) is 0 Å². The van der Waals surface area contributed by atoms with E-state index in [1.807, 2.05) is 18.2 Å². The van der Waals surface area contributed by atoms with E-state index in [1.54, 1.807) is 0 Å². The van der Waals surface area contributed by atoms with Gasteiger partial charge < -0.3 is 14.3 Å². The van der Waals surface area contributed by atoms with Gasteiger partial charge in [-0.3, -0.25) is 10.2 Å². The fraction of sp³-hybridized carbons (Fsp3) is 0.444. The Kier molecular flexibility index (Phi) is 6.51. The number of carbonyl (C=O) groups excluding carboxylic acids is 1. The summed E-state index contributed by atoms with van der Waals surface area (Å²) >= 11 is 6.37. The number of nitrogens with zero attached hydrogens (tertiary/aromatic N) is 3. The number of halogens is 2. The van der Waals surface area contributed by atoms with E-state index in [2.05, 4.69) is 51.9 Å². The summed E-state index contributed by atoms with van der Waals surface area (Å²) in [7, 11) is 0. The monoisotopic (exact) mass is 482 g/mol. The quantitative estimate of drug-likeness (QED) is 0.512. The fourth-order valence-electron chi connectivity index (χ4n) is 5.59. The van der Waals surface area contributed by atoms with E-state index in [-0.39, 0.29) is 17.5 Å². The summed E-state index contributed by atoms with van der Waals surface area (Å²) in [5.74, 6) is 0.220. The zero-order chi connectivity index (χ0) is 23.9. The van der Waals surface area contributed by atoms with Crippen molar-refractivity contribution in [1.82, 2.24) is 19.7 Å². The zero-order valence-electron chi connectivity index (χ0n) is 19.8. The average molecular weight is 483 g/mol. The van der Waals surface area contributed by atoms with Gasteiger partial charge in [0.15, 0.2) is 6.29 Å². The van der Waals surface area contributed by atoms with Gasteiger partial charge in [-0.05, 0) is 93.7 Å². The Labute approximate surface area is 205 Å². The minimum Gasteiger partial charge on any atom is -0.316 e. The first-order valence-corrected chi connectivity index (χ1v) is 12.5. The van der Waals surface area contributed by atoms with E-state index in [0.29, 0.717) is 5.92 Å². The molecule has 0 saturated carbocycles. The van der Waals surface area contributed by atoms with Crippen LogP contribution in [0.3, 0.4) is 0 Å². The summed E-state index contributed by atoms with van der Waals surface area (Å²) in [6.45, 7) is 9.10. The van der Waals surface area contributed by atoms with Crippen molar-refractivity contribution >= 4 is 28.8 Å². The molecule has 2 saturated heterocycles. The van der Waals surface area contributed by atoms with Crippen LogP contribution >= 0.6 is 11.6 Å². The van der Waals surface area contributed by atoms with Crippen molar-refractivity contribution in [3.8, 4) is 5.69 Å². The number of hydrogen-bond acceptors (Lipinski definition) is 4. The number of aromatic nitrogens is 1. The molecule has 180 valence electrons. The standard InChI is InChI=1S/C27H32ClFN4O/c1-27(2)18-32(26(17-34)30-27)14-13-31-11-9-19(10-12-31)24-16-33(22-6-4-21(29)5-7-22)25-8-3-20(28)15-23(24)25/h3-8,15-17,19,26,30H,9-14,18H2,1-2H3. The smallest absolute Gasteiger partial charge is 0.151 e. The summed E-state index contributed by atoms with van der Waals surface area (Å²) in [5.41, 5.74) is 3.33. The fourth-order valence-corrected chi connectivity index (χ4v) is 5.76. The minimum atomic E-state index is -0.233. The van der Waals surface area contributed by atoms with Crippen LogP contribution in [0.5, 0.6) is 0 Å². The van der Waals surface area contributed by atoms with E-state index in [4.69, 9.17) is 11.6 Å². The van der Waals surface area contributed by atoms with Crippen molar-refractivity contribution in [2.75, 3.05) is 32.7 Å². The maximum absolute atomic E-state index is 13.5. The van der Waals surface area contributed by atoms with Crippen LogP contribution in [0.15, 0.2) is 48.7 Å². The minimum absolute atomic E-state index is 0.0292. The first-order valence-electron chi connectivity index (χ1n) is 12.1. The summed E-state index contributed by atoms with van der Waals surface area (Å²) in [6.07, 6.45) is 5.20. The Hall–Kier alpha value is -2.25. The molecule has 1 aromatic heterocycles. The van der Waals surface area contributed by atoms with Gasteiger partial charge in [-0.15, -0.1) is 0 Å². The number of piperidine rings is 1. The number of benzene rings is 2. The molecule has 3 heterocycles. The Morgan fingerprint density at radius 3 is 2.56 bits per heavy atom. The summed E-state index contributed by atoms with van der Waals surface area (Å²) in [6, 6.07) is 12.7. The van der Waals surface area contributed by atoms with Crippen LogP contribution in [-0.2, 0) is 4.79 Å². The van der Waals surface area contributed by atoms with E-state index in [0.717, 1.165) is 68.1 Å². The third kappa shape index (κ3) is 4.78. The van der Waals surface area contributed by atoms with Crippen LogP contribution in [-0.4, -0.2) is 65.1 Å². The maximum Gasteiger partial charge on any atom is 0.151 e. The van der Waals surface area contributed by atoms with Gasteiger partial charge in [0.05, 0.1) is 5.52 Å². The number of rotatable bonds is 6. The third-order valence-electron chi connectivity index (χ3n) is 7.29. The van der Waals surface area contributed by atoms with Crippen LogP contribution in [0, 0.1) is 5.82 Å². The van der Waals surface area contributed by atoms with E-state index in [9.17, 15) is 9.18 Å². The van der Waals surface area contributed by atoms with Crippen molar-refractivity contribution in [2.45, 2.75) is 44.3 Å². The second-order valence-electron chi connectivity index (χ2n) is 10.3. The molecule has 5 nitrogen and oxygen atoms in total. The largest absolute Gasteiger partial charge is 0.316 e. The number of hydrogen-bond donors (Lipinski definition) is 1. The molecule has 0 bridgehead atoms. The second kappa shape index (κ2) is 9.42. The molecule has 1 atom stereocenters. The van der Waals surface area contributed by atoms with Gasteiger partial charge >= 0.3 is 0 Å².